The molecule has 0 unspecified atom stereocenters. The summed E-state index contributed by atoms with van der Waals surface area (Å²) in [6.45, 7) is 4.48. The average Bonchev–Trinajstić information content (AvgIpc) is 3.29. The van der Waals surface area contributed by atoms with Crippen molar-refractivity contribution in [2.45, 2.75) is 32.0 Å². The van der Waals surface area contributed by atoms with Crippen LogP contribution in [-0.2, 0) is 17.8 Å². The van der Waals surface area contributed by atoms with Gasteiger partial charge in [0, 0.05) is 23.5 Å². The van der Waals surface area contributed by atoms with Crippen molar-refractivity contribution in [3.05, 3.63) is 40.7 Å². The molecule has 3 aromatic rings. The van der Waals surface area contributed by atoms with Gasteiger partial charge in [-0.2, -0.15) is 4.98 Å². The summed E-state index contributed by atoms with van der Waals surface area (Å²) in [5.41, 5.74) is 3.49. The van der Waals surface area contributed by atoms with Crippen LogP contribution in [0.3, 0.4) is 0 Å². The molecule has 1 aliphatic rings. The fraction of sp³-hybridized carbons (Fsp3) is 0.333. The molecular formula is C18H19N5O3S. The Labute approximate surface area is 160 Å². The lowest BCUT2D eigenvalue weighted by Gasteiger charge is -2.11. The first-order chi connectivity index (χ1) is 13.0. The van der Waals surface area contributed by atoms with Gasteiger partial charge >= 0.3 is 0 Å². The minimum atomic E-state index is -0.0785. The van der Waals surface area contributed by atoms with E-state index in [9.17, 15) is 4.79 Å². The molecule has 0 saturated heterocycles. The van der Waals surface area contributed by atoms with E-state index in [1.54, 1.807) is 4.52 Å². The zero-order valence-corrected chi connectivity index (χ0v) is 16.1. The van der Waals surface area contributed by atoms with Crippen LogP contribution in [0.2, 0.25) is 0 Å². The monoisotopic (exact) mass is 385 g/mol. The molecule has 0 aliphatic carbocycles. The largest absolute Gasteiger partial charge is 0.454 e. The third-order valence-electron chi connectivity index (χ3n) is 4.48. The van der Waals surface area contributed by atoms with Crippen molar-refractivity contribution in [2.24, 2.45) is 0 Å². The summed E-state index contributed by atoms with van der Waals surface area (Å²) < 4.78 is 12.4. The van der Waals surface area contributed by atoms with Crippen LogP contribution in [-0.4, -0.2) is 38.5 Å². The van der Waals surface area contributed by atoms with Crippen LogP contribution in [0, 0.1) is 13.8 Å². The molecule has 0 radical (unpaired) electrons. The molecule has 9 heteroatoms. The van der Waals surface area contributed by atoms with Gasteiger partial charge in [0.05, 0.1) is 6.42 Å². The van der Waals surface area contributed by atoms with Crippen LogP contribution in [0.5, 0.6) is 11.5 Å². The van der Waals surface area contributed by atoms with Gasteiger partial charge in [0.25, 0.3) is 5.78 Å². The molecule has 1 amide bonds. The number of ether oxygens (including phenoxy) is 2. The van der Waals surface area contributed by atoms with Crippen LogP contribution in [0.25, 0.3) is 5.78 Å². The maximum atomic E-state index is 12.5. The highest BCUT2D eigenvalue weighted by Gasteiger charge is 2.17. The standard InChI is InChI=1S/C18H19N5O3S/c1-10-13(11(2)23-17(20-10)21-18(22-23)27-3)7-16(24)19-8-12-4-5-14-15(6-12)26-9-25-14/h4-6H,7-9H2,1-3H3,(H,19,24). The van der Waals surface area contributed by atoms with E-state index in [4.69, 9.17) is 9.47 Å². The van der Waals surface area contributed by atoms with Gasteiger partial charge < -0.3 is 14.8 Å². The maximum Gasteiger partial charge on any atom is 0.253 e. The molecule has 4 rings (SSSR count). The molecule has 0 saturated carbocycles. The highest BCUT2D eigenvalue weighted by atomic mass is 32.2. The molecule has 0 spiro atoms. The summed E-state index contributed by atoms with van der Waals surface area (Å²) in [5.74, 6) is 1.91. The van der Waals surface area contributed by atoms with E-state index in [0.717, 1.165) is 28.3 Å². The average molecular weight is 385 g/mol. The fourth-order valence-electron chi connectivity index (χ4n) is 3.01. The zero-order chi connectivity index (χ0) is 19.0. The molecule has 1 aromatic carbocycles. The molecule has 0 atom stereocenters. The second-order valence-electron chi connectivity index (χ2n) is 6.21. The molecule has 3 heterocycles. The predicted molar refractivity (Wildman–Crippen MR) is 100 cm³/mol. The first-order valence-electron chi connectivity index (χ1n) is 8.47. The van der Waals surface area contributed by atoms with Crippen LogP contribution in [0.4, 0.5) is 0 Å². The Bertz CT molecular complexity index is 1030. The second kappa shape index (κ2) is 7.07. The molecule has 140 valence electrons. The lowest BCUT2D eigenvalue weighted by molar-refractivity contribution is -0.120. The van der Waals surface area contributed by atoms with Crippen molar-refractivity contribution in [3.63, 3.8) is 0 Å². The number of fused-ring (bicyclic) bond motifs is 2. The molecule has 0 bridgehead atoms. The number of amides is 1. The Morgan fingerprint density at radius 3 is 2.89 bits per heavy atom. The second-order valence-corrected chi connectivity index (χ2v) is 6.99. The number of hydrogen-bond acceptors (Lipinski definition) is 7. The summed E-state index contributed by atoms with van der Waals surface area (Å²) in [5, 5.41) is 8.02. The molecule has 8 nitrogen and oxygen atoms in total. The quantitative estimate of drug-likeness (QED) is 0.672. The summed E-state index contributed by atoms with van der Waals surface area (Å²) in [7, 11) is 0. The number of nitrogens with zero attached hydrogens (tertiary/aromatic N) is 4. The lowest BCUT2D eigenvalue weighted by atomic mass is 10.1. The fourth-order valence-corrected chi connectivity index (χ4v) is 3.34. The van der Waals surface area contributed by atoms with E-state index in [0.29, 0.717) is 23.2 Å². The van der Waals surface area contributed by atoms with Crippen molar-refractivity contribution in [2.75, 3.05) is 13.0 Å². The number of thioether (sulfide) groups is 1. The van der Waals surface area contributed by atoms with Crippen molar-refractivity contribution in [1.29, 1.82) is 0 Å². The highest BCUT2D eigenvalue weighted by Crippen LogP contribution is 2.32. The first kappa shape index (κ1) is 17.6. The summed E-state index contributed by atoms with van der Waals surface area (Å²) in [6.07, 6.45) is 2.15. The molecule has 1 aliphatic heterocycles. The van der Waals surface area contributed by atoms with Gasteiger partial charge in [-0.05, 0) is 37.8 Å². The number of carbonyl (C=O) groups is 1. The van der Waals surface area contributed by atoms with E-state index in [1.165, 1.54) is 11.8 Å². The van der Waals surface area contributed by atoms with Crippen molar-refractivity contribution in [3.8, 4) is 11.5 Å². The van der Waals surface area contributed by atoms with E-state index in [2.05, 4.69) is 20.4 Å². The van der Waals surface area contributed by atoms with E-state index in [1.807, 2.05) is 38.3 Å². The number of benzene rings is 1. The van der Waals surface area contributed by atoms with E-state index < -0.39 is 0 Å². The lowest BCUT2D eigenvalue weighted by Crippen LogP contribution is -2.25. The zero-order valence-electron chi connectivity index (χ0n) is 15.3. The molecule has 27 heavy (non-hydrogen) atoms. The van der Waals surface area contributed by atoms with Gasteiger partial charge in [-0.1, -0.05) is 17.8 Å². The van der Waals surface area contributed by atoms with Crippen LogP contribution < -0.4 is 14.8 Å². The van der Waals surface area contributed by atoms with Gasteiger partial charge in [0.2, 0.25) is 17.9 Å². The smallest absolute Gasteiger partial charge is 0.253 e. The van der Waals surface area contributed by atoms with Gasteiger partial charge in [0.1, 0.15) is 0 Å². The number of carbonyl (C=O) groups excluding carboxylic acids is 1. The third-order valence-corrected chi connectivity index (χ3v) is 5.01. The van der Waals surface area contributed by atoms with Crippen LogP contribution in [0.1, 0.15) is 22.5 Å². The van der Waals surface area contributed by atoms with Crippen molar-refractivity contribution < 1.29 is 14.3 Å². The summed E-state index contributed by atoms with van der Waals surface area (Å²) in [4.78, 5) is 21.3. The first-order valence-corrected chi connectivity index (χ1v) is 9.69. The molecule has 1 N–H and O–H groups in total. The Morgan fingerprint density at radius 1 is 1.26 bits per heavy atom. The molecule has 0 fully saturated rings. The molecular weight excluding hydrogens is 366 g/mol. The maximum absolute atomic E-state index is 12.5. The van der Waals surface area contributed by atoms with Crippen molar-refractivity contribution >= 4 is 23.4 Å². The van der Waals surface area contributed by atoms with Gasteiger partial charge in [0.15, 0.2) is 11.5 Å². The summed E-state index contributed by atoms with van der Waals surface area (Å²) in [6, 6.07) is 5.65. The normalized spacial score (nSPS) is 12.6. The minimum absolute atomic E-state index is 0.0785. The SMILES string of the molecule is CSc1nc2nc(C)c(CC(=O)NCc3ccc4c(c3)OCO4)c(C)n2n1. The van der Waals surface area contributed by atoms with Gasteiger partial charge in [-0.25, -0.2) is 9.50 Å². The number of rotatable bonds is 5. The minimum Gasteiger partial charge on any atom is -0.454 e. The van der Waals surface area contributed by atoms with Crippen LogP contribution in [0.15, 0.2) is 23.4 Å². The number of aromatic nitrogens is 4. The Kier molecular flexibility index (Phi) is 4.61. The number of aryl methyl sites for hydroxylation is 2. The highest BCUT2D eigenvalue weighted by molar-refractivity contribution is 7.98. The predicted octanol–water partition coefficient (Wildman–Crippen LogP) is 2.05. The van der Waals surface area contributed by atoms with Gasteiger partial charge in [-0.15, -0.1) is 5.10 Å². The van der Waals surface area contributed by atoms with E-state index in [-0.39, 0.29) is 19.1 Å². The van der Waals surface area contributed by atoms with Gasteiger partial charge in [-0.3, -0.25) is 4.79 Å². The molecule has 2 aromatic heterocycles. The van der Waals surface area contributed by atoms with E-state index >= 15 is 0 Å². The Balaban J connectivity index is 1.47. The Morgan fingerprint density at radius 2 is 2.07 bits per heavy atom. The van der Waals surface area contributed by atoms with Crippen molar-refractivity contribution in [1.82, 2.24) is 24.9 Å². The number of nitrogens with one attached hydrogen (secondary N) is 1. The number of hydrogen-bond donors (Lipinski definition) is 1. The third kappa shape index (κ3) is 3.42. The summed E-state index contributed by atoms with van der Waals surface area (Å²) >= 11 is 1.46. The Hall–Kier alpha value is -2.81. The van der Waals surface area contributed by atoms with Crippen LogP contribution >= 0.6 is 11.8 Å². The topological polar surface area (TPSA) is 90.6 Å².